The lowest BCUT2D eigenvalue weighted by Crippen LogP contribution is -2.16. The molecule has 0 radical (unpaired) electrons. The molecule has 20 heavy (non-hydrogen) atoms. The number of rotatable bonds is 9. The minimum absolute atomic E-state index is 0.319. The highest BCUT2D eigenvalue weighted by atomic mass is 16.7. The molecule has 0 saturated heterocycles. The second-order valence-electron chi connectivity index (χ2n) is 4.71. The van der Waals surface area contributed by atoms with Crippen LogP contribution in [0.15, 0.2) is 24.3 Å². The molecule has 0 saturated carbocycles. The number of aromatic nitrogens is 1. The van der Waals surface area contributed by atoms with E-state index in [4.69, 9.17) is 4.84 Å². The number of nitrogens with zero attached hydrogens (tertiary/aromatic N) is 1. The summed E-state index contributed by atoms with van der Waals surface area (Å²) < 4.78 is 0.678. The van der Waals surface area contributed by atoms with Crippen LogP contribution < -0.4 is 4.84 Å². The van der Waals surface area contributed by atoms with Crippen molar-refractivity contribution in [2.75, 3.05) is 0 Å². The lowest BCUT2D eigenvalue weighted by atomic mass is 10.1. The standard InChI is InChI=1S/C15H23NO4/c1-2-3-4-5-6-7-8-9-10-15(19)20-16-13(17)11-12-14(16)18/h9-12,17-18H,2-8H2,1H3. The van der Waals surface area contributed by atoms with Gasteiger partial charge in [-0.3, -0.25) is 0 Å². The number of hydrogen-bond donors (Lipinski definition) is 2. The number of allylic oxidation sites excluding steroid dienone is 1. The topological polar surface area (TPSA) is 71.7 Å². The molecule has 0 fully saturated rings. The van der Waals surface area contributed by atoms with Crippen molar-refractivity contribution in [1.82, 2.24) is 4.73 Å². The van der Waals surface area contributed by atoms with Gasteiger partial charge in [-0.25, -0.2) is 4.79 Å². The first-order chi connectivity index (χ1) is 9.65. The van der Waals surface area contributed by atoms with Gasteiger partial charge in [-0.2, -0.15) is 0 Å². The fraction of sp³-hybridized carbons (Fsp3) is 0.533. The zero-order chi connectivity index (χ0) is 14.8. The Bertz CT molecular complexity index is 418. The van der Waals surface area contributed by atoms with Crippen LogP contribution in [0.2, 0.25) is 0 Å². The Hall–Kier alpha value is -1.91. The van der Waals surface area contributed by atoms with Gasteiger partial charge in [0.25, 0.3) is 0 Å². The molecular weight excluding hydrogens is 258 g/mol. The highest BCUT2D eigenvalue weighted by molar-refractivity contribution is 5.82. The Kier molecular flexibility index (Phi) is 7.32. The predicted molar refractivity (Wildman–Crippen MR) is 76.5 cm³/mol. The maximum Gasteiger partial charge on any atom is 0.356 e. The van der Waals surface area contributed by atoms with Crippen LogP contribution in [0.4, 0.5) is 0 Å². The van der Waals surface area contributed by atoms with Crippen LogP contribution in [0.5, 0.6) is 11.8 Å². The van der Waals surface area contributed by atoms with Gasteiger partial charge in [-0.1, -0.05) is 45.1 Å². The first-order valence-electron chi connectivity index (χ1n) is 7.13. The van der Waals surface area contributed by atoms with Crippen molar-refractivity contribution in [3.8, 4) is 11.8 Å². The van der Waals surface area contributed by atoms with Gasteiger partial charge in [0.1, 0.15) is 0 Å². The van der Waals surface area contributed by atoms with E-state index >= 15 is 0 Å². The molecule has 112 valence electrons. The predicted octanol–water partition coefficient (Wildman–Crippen LogP) is 3.16. The summed E-state index contributed by atoms with van der Waals surface area (Å²) in [6.45, 7) is 2.19. The molecule has 0 unspecified atom stereocenters. The third-order valence-electron chi connectivity index (χ3n) is 2.96. The summed E-state index contributed by atoms with van der Waals surface area (Å²) in [5.74, 6) is -1.27. The summed E-state index contributed by atoms with van der Waals surface area (Å²) in [6, 6.07) is 2.48. The quantitative estimate of drug-likeness (QED) is 0.538. The summed E-state index contributed by atoms with van der Waals surface area (Å²) in [6.07, 6.45) is 11.1. The molecule has 0 aliphatic heterocycles. The zero-order valence-electron chi connectivity index (χ0n) is 11.9. The van der Waals surface area contributed by atoms with E-state index in [0.29, 0.717) is 4.73 Å². The van der Waals surface area contributed by atoms with E-state index < -0.39 is 5.97 Å². The van der Waals surface area contributed by atoms with E-state index in [9.17, 15) is 15.0 Å². The normalized spacial score (nSPS) is 11.1. The number of carbonyl (C=O) groups is 1. The Morgan fingerprint density at radius 3 is 2.40 bits per heavy atom. The van der Waals surface area contributed by atoms with E-state index in [-0.39, 0.29) is 11.8 Å². The van der Waals surface area contributed by atoms with Crippen molar-refractivity contribution in [2.45, 2.75) is 51.9 Å². The lowest BCUT2D eigenvalue weighted by Gasteiger charge is -2.03. The van der Waals surface area contributed by atoms with Crippen LogP contribution in [0.3, 0.4) is 0 Å². The molecule has 0 bridgehead atoms. The van der Waals surface area contributed by atoms with E-state index in [1.54, 1.807) is 6.08 Å². The Balaban J connectivity index is 2.18. The van der Waals surface area contributed by atoms with E-state index in [2.05, 4.69) is 6.92 Å². The molecule has 0 aliphatic rings. The SMILES string of the molecule is CCCCCCCCC=CC(=O)On1c(O)ccc1O. The van der Waals surface area contributed by atoms with Gasteiger partial charge in [-0.15, -0.1) is 4.73 Å². The summed E-state index contributed by atoms with van der Waals surface area (Å²) in [5, 5.41) is 18.6. The van der Waals surface area contributed by atoms with Gasteiger partial charge in [0.05, 0.1) is 0 Å². The third-order valence-corrected chi connectivity index (χ3v) is 2.96. The van der Waals surface area contributed by atoms with Crippen LogP contribution >= 0.6 is 0 Å². The summed E-state index contributed by atoms with van der Waals surface area (Å²) in [5.41, 5.74) is 0. The van der Waals surface area contributed by atoms with Crippen molar-refractivity contribution in [1.29, 1.82) is 0 Å². The average molecular weight is 281 g/mol. The van der Waals surface area contributed by atoms with Crippen LogP contribution in [-0.4, -0.2) is 20.9 Å². The maximum absolute atomic E-state index is 11.4. The zero-order valence-corrected chi connectivity index (χ0v) is 11.9. The van der Waals surface area contributed by atoms with Gasteiger partial charge in [0.15, 0.2) is 0 Å². The molecule has 2 N–H and O–H groups in total. The average Bonchev–Trinajstić information content (AvgIpc) is 2.73. The fourth-order valence-electron chi connectivity index (χ4n) is 1.84. The van der Waals surface area contributed by atoms with Gasteiger partial charge in [0, 0.05) is 18.2 Å². The van der Waals surface area contributed by atoms with Crippen molar-refractivity contribution in [3.63, 3.8) is 0 Å². The van der Waals surface area contributed by atoms with Crippen LogP contribution in [-0.2, 0) is 4.79 Å². The fourth-order valence-corrected chi connectivity index (χ4v) is 1.84. The smallest absolute Gasteiger partial charge is 0.356 e. The number of unbranched alkanes of at least 4 members (excludes halogenated alkanes) is 6. The van der Waals surface area contributed by atoms with Crippen molar-refractivity contribution < 1.29 is 19.8 Å². The van der Waals surface area contributed by atoms with Crippen LogP contribution in [0.1, 0.15) is 51.9 Å². The first kappa shape index (κ1) is 16.1. The molecule has 5 nitrogen and oxygen atoms in total. The number of aromatic hydroxyl groups is 2. The van der Waals surface area contributed by atoms with Gasteiger partial charge < -0.3 is 15.1 Å². The molecular formula is C15H23NO4. The first-order valence-corrected chi connectivity index (χ1v) is 7.13. The van der Waals surface area contributed by atoms with E-state index in [1.165, 1.54) is 50.3 Å². The van der Waals surface area contributed by atoms with Gasteiger partial charge in [0.2, 0.25) is 11.8 Å². The Morgan fingerprint density at radius 1 is 1.15 bits per heavy atom. The van der Waals surface area contributed by atoms with E-state index in [1.807, 2.05) is 0 Å². The van der Waals surface area contributed by atoms with Crippen molar-refractivity contribution in [3.05, 3.63) is 24.3 Å². The molecule has 1 aromatic rings. The lowest BCUT2D eigenvalue weighted by molar-refractivity contribution is -0.139. The summed E-state index contributed by atoms with van der Waals surface area (Å²) in [7, 11) is 0. The minimum atomic E-state index is -0.627. The maximum atomic E-state index is 11.4. The number of carbonyl (C=O) groups excluding carboxylic acids is 1. The van der Waals surface area contributed by atoms with Gasteiger partial charge in [-0.05, 0) is 12.8 Å². The molecule has 5 heteroatoms. The molecule has 1 rings (SSSR count). The second kappa shape index (κ2) is 9.07. The molecule has 1 heterocycles. The van der Waals surface area contributed by atoms with Gasteiger partial charge >= 0.3 is 5.97 Å². The van der Waals surface area contributed by atoms with Crippen molar-refractivity contribution in [2.24, 2.45) is 0 Å². The highest BCUT2D eigenvalue weighted by Crippen LogP contribution is 2.18. The largest absolute Gasteiger partial charge is 0.492 e. The molecule has 0 spiro atoms. The number of hydrogen-bond acceptors (Lipinski definition) is 4. The second-order valence-corrected chi connectivity index (χ2v) is 4.71. The molecule has 0 aromatic carbocycles. The molecule has 0 amide bonds. The third kappa shape index (κ3) is 5.82. The van der Waals surface area contributed by atoms with Crippen LogP contribution in [0, 0.1) is 0 Å². The van der Waals surface area contributed by atoms with Crippen molar-refractivity contribution >= 4 is 5.97 Å². The Labute approximate surface area is 119 Å². The summed E-state index contributed by atoms with van der Waals surface area (Å²) in [4.78, 5) is 16.2. The summed E-state index contributed by atoms with van der Waals surface area (Å²) >= 11 is 0. The van der Waals surface area contributed by atoms with E-state index in [0.717, 1.165) is 12.8 Å². The monoisotopic (exact) mass is 281 g/mol. The molecule has 0 atom stereocenters. The highest BCUT2D eigenvalue weighted by Gasteiger charge is 2.09. The minimum Gasteiger partial charge on any atom is -0.492 e. The van der Waals surface area contributed by atoms with Crippen LogP contribution in [0.25, 0.3) is 0 Å². The molecule has 1 aromatic heterocycles. The Morgan fingerprint density at radius 2 is 1.75 bits per heavy atom. The molecule has 0 aliphatic carbocycles.